The molecule has 0 saturated heterocycles. The largest absolute Gasteiger partial charge is 0.395 e. The number of halogens is 1. The van der Waals surface area contributed by atoms with E-state index in [1.807, 2.05) is 19.1 Å². The molecule has 2 aliphatic rings. The Morgan fingerprint density at radius 1 is 1.37 bits per heavy atom. The molecule has 0 saturated carbocycles. The molecule has 2 atom stereocenters. The number of hydrogen-bond donors (Lipinski definition) is 2. The van der Waals surface area contributed by atoms with Crippen molar-refractivity contribution in [3.8, 4) is 0 Å². The highest BCUT2D eigenvalue weighted by molar-refractivity contribution is 6.49. The fraction of sp³-hybridized carbons (Fsp3) is 0.429. The van der Waals surface area contributed by atoms with Gasteiger partial charge in [0.05, 0.1) is 11.6 Å². The molecule has 27 heavy (non-hydrogen) atoms. The number of β-amino-alcohol motifs (C(OH)–C–C–N with tert-alkyl or cyclic N) is 1. The first-order valence-electron chi connectivity index (χ1n) is 9.03. The Hall–Kier alpha value is -1.95. The van der Waals surface area contributed by atoms with E-state index in [0.717, 1.165) is 18.9 Å². The minimum atomic E-state index is -2.17. The van der Waals surface area contributed by atoms with E-state index in [-0.39, 0.29) is 23.8 Å². The van der Waals surface area contributed by atoms with Crippen LogP contribution in [0.1, 0.15) is 34.1 Å². The van der Waals surface area contributed by atoms with Gasteiger partial charge in [-0.05, 0) is 31.9 Å². The van der Waals surface area contributed by atoms with E-state index in [4.69, 9.17) is 11.6 Å². The second-order valence-corrected chi connectivity index (χ2v) is 7.49. The number of carbonyl (C=O) groups excluding carboxylic acids is 2. The molecule has 1 aliphatic carbocycles. The lowest BCUT2D eigenvalue weighted by molar-refractivity contribution is -0.144. The van der Waals surface area contributed by atoms with Gasteiger partial charge in [-0.3, -0.25) is 9.59 Å². The van der Waals surface area contributed by atoms with Crippen LogP contribution in [-0.4, -0.2) is 45.4 Å². The zero-order chi connectivity index (χ0) is 20.4. The van der Waals surface area contributed by atoms with Crippen molar-refractivity contribution in [3.05, 3.63) is 58.0 Å². The van der Waals surface area contributed by atoms with E-state index in [2.05, 4.69) is 19.9 Å². The number of aliphatic hydroxyl groups is 2. The second kappa shape index (κ2) is 8.38. The monoisotopic (exact) mass is 391 g/mol. The minimum Gasteiger partial charge on any atom is -0.395 e. The molecule has 0 aromatic carbocycles. The molecular formula is C21H26ClNO4. The molecule has 5 nitrogen and oxygen atoms in total. The standard InChI is InChI=1S/C21H26ClNO4/c1-5-13(2)10-14(3)6-7-15-11-16-17(12-23(15)8-9-24)19(25)21(4,27)20(26)18(16)22/h6-7,10-13,24,27H,5,8-9H2,1-4H3/b7-6+,14-10+/t13-,21-/m0/s1. The summed E-state index contributed by atoms with van der Waals surface area (Å²) in [6, 6.07) is 0. The number of hydrogen-bond acceptors (Lipinski definition) is 5. The highest BCUT2D eigenvalue weighted by atomic mass is 35.5. The van der Waals surface area contributed by atoms with Gasteiger partial charge in [-0.2, -0.15) is 0 Å². The topological polar surface area (TPSA) is 77.8 Å². The Labute approximate surface area is 165 Å². The first-order chi connectivity index (χ1) is 12.6. The highest BCUT2D eigenvalue weighted by Gasteiger charge is 2.48. The van der Waals surface area contributed by atoms with Crippen molar-refractivity contribution in [1.82, 2.24) is 4.90 Å². The summed E-state index contributed by atoms with van der Waals surface area (Å²) in [6.07, 6.45) is 10.2. The molecule has 0 unspecified atom stereocenters. The van der Waals surface area contributed by atoms with E-state index in [1.54, 1.807) is 11.0 Å². The van der Waals surface area contributed by atoms with Crippen molar-refractivity contribution < 1.29 is 19.8 Å². The zero-order valence-corrected chi connectivity index (χ0v) is 16.9. The van der Waals surface area contributed by atoms with Crippen molar-refractivity contribution in [2.24, 2.45) is 5.92 Å². The number of Topliss-reactive ketones (excluding diaryl/α,β-unsaturated/α-hetero) is 2. The van der Waals surface area contributed by atoms with Crippen LogP contribution in [-0.2, 0) is 9.59 Å². The lowest BCUT2D eigenvalue weighted by Gasteiger charge is -2.33. The van der Waals surface area contributed by atoms with Crippen LogP contribution in [0.25, 0.3) is 0 Å². The molecule has 0 fully saturated rings. The van der Waals surface area contributed by atoms with Crippen LogP contribution in [0.15, 0.2) is 58.0 Å². The molecule has 2 rings (SSSR count). The third-order valence-electron chi connectivity index (χ3n) is 4.81. The van der Waals surface area contributed by atoms with Crippen molar-refractivity contribution in [3.63, 3.8) is 0 Å². The van der Waals surface area contributed by atoms with Gasteiger partial charge in [-0.25, -0.2) is 0 Å². The summed E-state index contributed by atoms with van der Waals surface area (Å²) >= 11 is 6.16. The Balaban J connectivity index is 2.47. The molecule has 0 amide bonds. The first-order valence-corrected chi connectivity index (χ1v) is 9.40. The van der Waals surface area contributed by atoms with E-state index in [0.29, 0.717) is 17.2 Å². The summed E-state index contributed by atoms with van der Waals surface area (Å²) < 4.78 is 0. The molecule has 0 radical (unpaired) electrons. The van der Waals surface area contributed by atoms with Crippen LogP contribution in [0.2, 0.25) is 0 Å². The fourth-order valence-electron chi connectivity index (χ4n) is 2.96. The summed E-state index contributed by atoms with van der Waals surface area (Å²) in [5.41, 5.74) is 0.0779. The summed E-state index contributed by atoms with van der Waals surface area (Å²) in [7, 11) is 0. The van der Waals surface area contributed by atoms with Gasteiger partial charge in [-0.15, -0.1) is 0 Å². The number of ketones is 2. The van der Waals surface area contributed by atoms with E-state index >= 15 is 0 Å². The second-order valence-electron chi connectivity index (χ2n) is 7.12. The average molecular weight is 392 g/mol. The molecule has 0 aromatic heterocycles. The van der Waals surface area contributed by atoms with Gasteiger partial charge >= 0.3 is 0 Å². The normalized spacial score (nSPS) is 25.0. The van der Waals surface area contributed by atoms with Crippen molar-refractivity contribution >= 4 is 23.2 Å². The van der Waals surface area contributed by atoms with Gasteiger partial charge in [0.25, 0.3) is 0 Å². The summed E-state index contributed by atoms with van der Waals surface area (Å²) in [5.74, 6) is -1.03. The molecule has 0 bridgehead atoms. The summed E-state index contributed by atoms with van der Waals surface area (Å²) in [4.78, 5) is 26.5. The zero-order valence-electron chi connectivity index (χ0n) is 16.1. The molecule has 1 aliphatic heterocycles. The van der Waals surface area contributed by atoms with E-state index < -0.39 is 17.2 Å². The minimum absolute atomic E-state index is 0.118. The third-order valence-corrected chi connectivity index (χ3v) is 5.19. The maximum atomic E-state index is 12.5. The first kappa shape index (κ1) is 21.4. The number of fused-ring (bicyclic) bond motifs is 1. The van der Waals surface area contributed by atoms with Crippen LogP contribution in [0, 0.1) is 5.92 Å². The van der Waals surface area contributed by atoms with Gasteiger partial charge in [0.2, 0.25) is 11.6 Å². The number of aliphatic hydroxyl groups excluding tert-OH is 1. The van der Waals surface area contributed by atoms with Gasteiger partial charge in [0.1, 0.15) is 0 Å². The Morgan fingerprint density at radius 3 is 2.63 bits per heavy atom. The van der Waals surface area contributed by atoms with Crippen LogP contribution >= 0.6 is 11.6 Å². The van der Waals surface area contributed by atoms with Crippen molar-refractivity contribution in [2.75, 3.05) is 13.2 Å². The van der Waals surface area contributed by atoms with Gasteiger partial charge in [-0.1, -0.05) is 49.6 Å². The lowest BCUT2D eigenvalue weighted by atomic mass is 9.79. The highest BCUT2D eigenvalue weighted by Crippen LogP contribution is 2.37. The summed E-state index contributed by atoms with van der Waals surface area (Å²) in [6.45, 7) is 7.56. The van der Waals surface area contributed by atoms with E-state index in [1.165, 1.54) is 6.20 Å². The van der Waals surface area contributed by atoms with Crippen LogP contribution in [0.5, 0.6) is 0 Å². The molecular weight excluding hydrogens is 366 g/mol. The van der Waals surface area contributed by atoms with Gasteiger partial charge in [0.15, 0.2) is 5.60 Å². The smallest absolute Gasteiger partial charge is 0.214 e. The van der Waals surface area contributed by atoms with Crippen LogP contribution in [0.4, 0.5) is 0 Å². The Morgan fingerprint density at radius 2 is 2.04 bits per heavy atom. The number of allylic oxidation sites excluding steroid dienone is 6. The SMILES string of the molecule is CC[C@H](C)/C=C(C)/C=C/C1=CC2=C(Cl)C(=O)[C@@](C)(O)C(=O)C2=CN1CCO. The quantitative estimate of drug-likeness (QED) is 0.537. The molecule has 2 N–H and O–H groups in total. The van der Waals surface area contributed by atoms with Gasteiger partial charge in [0, 0.05) is 29.6 Å². The predicted molar refractivity (Wildman–Crippen MR) is 106 cm³/mol. The fourth-order valence-corrected chi connectivity index (χ4v) is 3.30. The Kier molecular flexibility index (Phi) is 6.63. The van der Waals surface area contributed by atoms with Crippen LogP contribution in [0.3, 0.4) is 0 Å². The lowest BCUT2D eigenvalue weighted by Crippen LogP contribution is -2.49. The average Bonchev–Trinajstić information content (AvgIpc) is 2.63. The number of carbonyl (C=O) groups is 2. The van der Waals surface area contributed by atoms with E-state index in [9.17, 15) is 19.8 Å². The molecule has 1 heterocycles. The Bertz CT molecular complexity index is 799. The van der Waals surface area contributed by atoms with Crippen molar-refractivity contribution in [2.45, 2.75) is 39.7 Å². The number of nitrogens with zero attached hydrogens (tertiary/aromatic N) is 1. The maximum absolute atomic E-state index is 12.5. The van der Waals surface area contributed by atoms with Gasteiger partial charge < -0.3 is 15.1 Å². The molecule has 0 spiro atoms. The summed E-state index contributed by atoms with van der Waals surface area (Å²) in [5, 5.41) is 19.4. The van der Waals surface area contributed by atoms with Crippen LogP contribution < -0.4 is 0 Å². The molecule has 0 aromatic rings. The van der Waals surface area contributed by atoms with Crippen molar-refractivity contribution in [1.29, 1.82) is 0 Å². The number of rotatable bonds is 6. The molecule has 6 heteroatoms. The maximum Gasteiger partial charge on any atom is 0.214 e. The third kappa shape index (κ3) is 4.32. The predicted octanol–water partition coefficient (Wildman–Crippen LogP) is 3.01. The molecule has 146 valence electrons.